The first-order valence-electron chi connectivity index (χ1n) is 11.8. The van der Waals surface area contributed by atoms with Crippen molar-refractivity contribution in [3.63, 3.8) is 0 Å². The number of carbonyl (C=O) groups is 1. The number of rotatable bonds is 4. The SMILES string of the molecule is COC(=O)C1=NN2C(c3ccnc4ccccc34)=CNC2C=C1c1ccc(N2CCNCC2)cc1. The molecule has 0 amide bonds. The zero-order chi connectivity index (χ0) is 23.8. The standard InChI is InChI=1S/C27H26N6O2/c1-35-27(34)26-22(18-6-8-19(9-7-18)32-14-12-28-13-15-32)16-25-30-17-24(33(25)31-26)21-10-11-29-23-5-3-2-4-20(21)23/h2-11,16-17,25,28,30H,12-15H2,1H3. The van der Waals surface area contributed by atoms with Gasteiger partial charge in [-0.2, -0.15) is 5.10 Å². The Balaban J connectivity index is 1.34. The number of hydrogen-bond acceptors (Lipinski definition) is 8. The van der Waals surface area contributed by atoms with E-state index in [2.05, 4.69) is 44.8 Å². The number of para-hydroxylation sites is 1. The summed E-state index contributed by atoms with van der Waals surface area (Å²) in [6.07, 6.45) is 5.55. The fourth-order valence-electron chi connectivity index (χ4n) is 4.86. The highest BCUT2D eigenvalue weighted by molar-refractivity contribution is 6.54. The molecule has 3 aliphatic rings. The van der Waals surface area contributed by atoms with Crippen molar-refractivity contribution in [2.24, 2.45) is 5.10 Å². The molecule has 0 saturated carbocycles. The van der Waals surface area contributed by atoms with Gasteiger partial charge in [0, 0.05) is 60.8 Å². The maximum Gasteiger partial charge on any atom is 0.359 e. The Kier molecular flexibility index (Phi) is 5.42. The molecule has 1 aromatic heterocycles. The summed E-state index contributed by atoms with van der Waals surface area (Å²) in [6.45, 7) is 3.93. The van der Waals surface area contributed by atoms with Crippen LogP contribution >= 0.6 is 0 Å². The smallest absolute Gasteiger partial charge is 0.359 e. The number of nitrogens with one attached hydrogen (secondary N) is 2. The van der Waals surface area contributed by atoms with Crippen LogP contribution in [-0.4, -0.2) is 61.1 Å². The quantitative estimate of drug-likeness (QED) is 0.572. The van der Waals surface area contributed by atoms with Gasteiger partial charge in [0.2, 0.25) is 0 Å². The van der Waals surface area contributed by atoms with Crippen LogP contribution in [0.1, 0.15) is 11.1 Å². The van der Waals surface area contributed by atoms with Gasteiger partial charge in [-0.3, -0.25) is 4.98 Å². The Morgan fingerprint density at radius 3 is 2.66 bits per heavy atom. The van der Waals surface area contributed by atoms with Crippen LogP contribution in [-0.2, 0) is 9.53 Å². The second-order valence-corrected chi connectivity index (χ2v) is 8.67. The normalized spacial score (nSPS) is 19.5. The van der Waals surface area contributed by atoms with E-state index in [1.807, 2.05) is 47.6 Å². The lowest BCUT2D eigenvalue weighted by atomic mass is 9.98. The number of pyridine rings is 1. The number of methoxy groups -OCH3 is 1. The molecule has 176 valence electrons. The Bertz CT molecular complexity index is 1370. The molecule has 0 aliphatic carbocycles. The van der Waals surface area contributed by atoms with Crippen molar-refractivity contribution >= 4 is 39.5 Å². The van der Waals surface area contributed by atoms with E-state index in [1.54, 1.807) is 6.20 Å². The Morgan fingerprint density at radius 2 is 1.86 bits per heavy atom. The molecule has 1 saturated heterocycles. The summed E-state index contributed by atoms with van der Waals surface area (Å²) in [5.74, 6) is -0.466. The number of benzene rings is 2. The highest BCUT2D eigenvalue weighted by atomic mass is 16.5. The molecule has 35 heavy (non-hydrogen) atoms. The van der Waals surface area contributed by atoms with Gasteiger partial charge in [-0.05, 0) is 35.9 Å². The zero-order valence-corrected chi connectivity index (χ0v) is 19.4. The van der Waals surface area contributed by atoms with Crippen molar-refractivity contribution in [1.82, 2.24) is 20.6 Å². The number of piperazine rings is 1. The van der Waals surface area contributed by atoms with Crippen molar-refractivity contribution < 1.29 is 9.53 Å². The maximum atomic E-state index is 12.8. The topological polar surface area (TPSA) is 82.1 Å². The number of hydrazone groups is 1. The average molecular weight is 467 g/mol. The third-order valence-electron chi connectivity index (χ3n) is 6.65. The molecule has 6 rings (SSSR count). The minimum atomic E-state index is -0.466. The lowest BCUT2D eigenvalue weighted by Gasteiger charge is -2.30. The van der Waals surface area contributed by atoms with Gasteiger partial charge in [-0.25, -0.2) is 9.80 Å². The largest absolute Gasteiger partial charge is 0.464 e. The first-order chi connectivity index (χ1) is 17.2. The van der Waals surface area contributed by atoms with Crippen LogP contribution in [0.15, 0.2) is 78.2 Å². The summed E-state index contributed by atoms with van der Waals surface area (Å²) in [5, 5.41) is 14.4. The van der Waals surface area contributed by atoms with Crippen molar-refractivity contribution in [3.05, 3.63) is 84.2 Å². The van der Waals surface area contributed by atoms with E-state index in [9.17, 15) is 4.79 Å². The summed E-state index contributed by atoms with van der Waals surface area (Å²) in [4.78, 5) is 19.7. The number of carbonyl (C=O) groups excluding carboxylic acids is 1. The zero-order valence-electron chi connectivity index (χ0n) is 19.4. The second kappa shape index (κ2) is 8.88. The molecule has 1 atom stereocenters. The predicted molar refractivity (Wildman–Crippen MR) is 137 cm³/mol. The van der Waals surface area contributed by atoms with Crippen molar-refractivity contribution in [3.8, 4) is 0 Å². The van der Waals surface area contributed by atoms with E-state index >= 15 is 0 Å². The van der Waals surface area contributed by atoms with E-state index in [4.69, 9.17) is 9.84 Å². The van der Waals surface area contributed by atoms with Crippen LogP contribution in [0.2, 0.25) is 0 Å². The van der Waals surface area contributed by atoms with Crippen molar-refractivity contribution in [2.45, 2.75) is 6.17 Å². The molecule has 3 aromatic rings. The van der Waals surface area contributed by atoms with Gasteiger partial charge in [0.25, 0.3) is 0 Å². The van der Waals surface area contributed by atoms with E-state index in [-0.39, 0.29) is 11.9 Å². The molecule has 2 aromatic carbocycles. The summed E-state index contributed by atoms with van der Waals surface area (Å²) < 4.78 is 5.12. The third-order valence-corrected chi connectivity index (χ3v) is 6.65. The number of aromatic nitrogens is 1. The van der Waals surface area contributed by atoms with Gasteiger partial charge in [-0.1, -0.05) is 30.3 Å². The van der Waals surface area contributed by atoms with Crippen LogP contribution in [0.3, 0.4) is 0 Å². The lowest BCUT2D eigenvalue weighted by molar-refractivity contribution is -0.132. The molecule has 1 unspecified atom stereocenters. The highest BCUT2D eigenvalue weighted by Gasteiger charge is 2.34. The number of fused-ring (bicyclic) bond motifs is 2. The van der Waals surface area contributed by atoms with Gasteiger partial charge in [0.1, 0.15) is 6.17 Å². The number of esters is 1. The highest BCUT2D eigenvalue weighted by Crippen LogP contribution is 2.35. The van der Waals surface area contributed by atoms with Crippen LogP contribution in [0.25, 0.3) is 22.2 Å². The van der Waals surface area contributed by atoms with Crippen LogP contribution < -0.4 is 15.5 Å². The van der Waals surface area contributed by atoms with Crippen LogP contribution in [0, 0.1) is 0 Å². The molecule has 1 fully saturated rings. The third kappa shape index (κ3) is 3.81. The van der Waals surface area contributed by atoms with Gasteiger partial charge < -0.3 is 20.3 Å². The summed E-state index contributed by atoms with van der Waals surface area (Å²) in [6, 6.07) is 18.3. The monoisotopic (exact) mass is 466 g/mol. The summed E-state index contributed by atoms with van der Waals surface area (Å²) in [7, 11) is 1.39. The van der Waals surface area contributed by atoms with E-state index in [1.165, 1.54) is 12.8 Å². The Morgan fingerprint density at radius 1 is 1.06 bits per heavy atom. The van der Waals surface area contributed by atoms with E-state index in [0.717, 1.165) is 59.5 Å². The van der Waals surface area contributed by atoms with E-state index < -0.39 is 5.97 Å². The van der Waals surface area contributed by atoms with Gasteiger partial charge in [0.05, 0.1) is 18.3 Å². The Labute approximate surface area is 203 Å². The summed E-state index contributed by atoms with van der Waals surface area (Å²) in [5.41, 5.74) is 5.92. The first kappa shape index (κ1) is 21.4. The lowest BCUT2D eigenvalue weighted by Crippen LogP contribution is -2.43. The molecular formula is C27H26N6O2. The minimum absolute atomic E-state index is 0.215. The number of anilines is 1. The second-order valence-electron chi connectivity index (χ2n) is 8.67. The maximum absolute atomic E-state index is 12.8. The van der Waals surface area contributed by atoms with Gasteiger partial charge in [-0.15, -0.1) is 0 Å². The average Bonchev–Trinajstić information content (AvgIpc) is 3.35. The summed E-state index contributed by atoms with van der Waals surface area (Å²) >= 11 is 0. The minimum Gasteiger partial charge on any atom is -0.464 e. The van der Waals surface area contributed by atoms with Crippen LogP contribution in [0.4, 0.5) is 5.69 Å². The van der Waals surface area contributed by atoms with Crippen molar-refractivity contribution in [1.29, 1.82) is 0 Å². The van der Waals surface area contributed by atoms with Crippen LogP contribution in [0.5, 0.6) is 0 Å². The van der Waals surface area contributed by atoms with Gasteiger partial charge in [0.15, 0.2) is 5.71 Å². The van der Waals surface area contributed by atoms with Crippen molar-refractivity contribution in [2.75, 3.05) is 38.2 Å². The van der Waals surface area contributed by atoms with E-state index in [0.29, 0.717) is 0 Å². The number of hydrogen-bond donors (Lipinski definition) is 2. The molecular weight excluding hydrogens is 440 g/mol. The molecule has 4 heterocycles. The number of nitrogens with zero attached hydrogens (tertiary/aromatic N) is 4. The molecule has 2 N–H and O–H groups in total. The molecule has 0 bridgehead atoms. The molecule has 8 nitrogen and oxygen atoms in total. The molecule has 3 aliphatic heterocycles. The molecule has 8 heteroatoms. The fraction of sp³-hybridized carbons (Fsp3) is 0.222. The molecule has 0 radical (unpaired) electrons. The number of ether oxygens (including phenoxy) is 1. The molecule has 0 spiro atoms. The fourth-order valence-corrected chi connectivity index (χ4v) is 4.86. The van der Waals surface area contributed by atoms with Gasteiger partial charge >= 0.3 is 5.97 Å². The Hall–Kier alpha value is -4.17. The first-order valence-corrected chi connectivity index (χ1v) is 11.8. The predicted octanol–water partition coefficient (Wildman–Crippen LogP) is 2.80.